The topological polar surface area (TPSA) is 55.8 Å². The highest BCUT2D eigenvalue weighted by molar-refractivity contribution is 7.47. The van der Waals surface area contributed by atoms with Gasteiger partial charge in [-0.3, -0.25) is 9.42 Å². The number of phosphoric ester groups is 1. The molecule has 1 unspecified atom stereocenters. The van der Waals surface area contributed by atoms with Gasteiger partial charge in [0.05, 0.1) is 6.61 Å². The van der Waals surface area contributed by atoms with Gasteiger partial charge < -0.3 is 4.52 Å². The van der Waals surface area contributed by atoms with Crippen LogP contribution in [0.4, 0.5) is 0 Å². The lowest BCUT2D eigenvalue weighted by atomic mass is 10.2. The standard InChI is InChI=1S/C12H19O4P/c1-10(2)8-9-15-17(13,14)16-12-7-5-4-6-11(12)3/h4-7,10H,8-9H2,1-3H3,(H,13,14). The molecule has 1 aromatic carbocycles. The second-order valence-electron chi connectivity index (χ2n) is 4.34. The molecule has 0 aliphatic heterocycles. The molecule has 0 radical (unpaired) electrons. The van der Waals surface area contributed by atoms with Crippen LogP contribution in [-0.4, -0.2) is 11.5 Å². The Morgan fingerprint density at radius 2 is 2.00 bits per heavy atom. The number of benzene rings is 1. The fraction of sp³-hybridized carbons (Fsp3) is 0.500. The van der Waals surface area contributed by atoms with Gasteiger partial charge in [0.15, 0.2) is 0 Å². The number of aryl methyl sites for hydroxylation is 1. The Kier molecular flexibility index (Phi) is 5.19. The zero-order chi connectivity index (χ0) is 12.9. The average Bonchev–Trinajstić information content (AvgIpc) is 2.20. The van der Waals surface area contributed by atoms with Crippen molar-refractivity contribution in [1.82, 2.24) is 0 Å². The van der Waals surface area contributed by atoms with Crippen LogP contribution in [0.2, 0.25) is 0 Å². The van der Waals surface area contributed by atoms with Crippen molar-refractivity contribution in [3.05, 3.63) is 29.8 Å². The first kappa shape index (κ1) is 14.2. The summed E-state index contributed by atoms with van der Waals surface area (Å²) < 4.78 is 21.5. The van der Waals surface area contributed by atoms with Crippen LogP contribution in [0.3, 0.4) is 0 Å². The minimum atomic E-state index is -4.00. The molecular formula is C12H19O4P. The number of para-hydroxylation sites is 1. The van der Waals surface area contributed by atoms with Crippen LogP contribution in [-0.2, 0) is 9.09 Å². The Hall–Kier alpha value is -0.830. The predicted octanol–water partition coefficient (Wildman–Crippen LogP) is 3.54. The van der Waals surface area contributed by atoms with Gasteiger partial charge in [-0.05, 0) is 30.9 Å². The van der Waals surface area contributed by atoms with Crippen LogP contribution in [0.15, 0.2) is 24.3 Å². The summed E-state index contributed by atoms with van der Waals surface area (Å²) in [6.07, 6.45) is 0.724. The molecule has 17 heavy (non-hydrogen) atoms. The summed E-state index contributed by atoms with van der Waals surface area (Å²) in [7, 11) is -4.00. The van der Waals surface area contributed by atoms with Gasteiger partial charge in [0.25, 0.3) is 0 Å². The summed E-state index contributed by atoms with van der Waals surface area (Å²) >= 11 is 0. The Balaban J connectivity index is 2.55. The van der Waals surface area contributed by atoms with E-state index in [9.17, 15) is 9.46 Å². The quantitative estimate of drug-likeness (QED) is 0.793. The van der Waals surface area contributed by atoms with E-state index in [0.717, 1.165) is 12.0 Å². The minimum absolute atomic E-state index is 0.220. The Morgan fingerprint density at radius 3 is 2.59 bits per heavy atom. The van der Waals surface area contributed by atoms with E-state index in [2.05, 4.69) is 0 Å². The second-order valence-corrected chi connectivity index (χ2v) is 5.72. The van der Waals surface area contributed by atoms with E-state index in [4.69, 9.17) is 9.05 Å². The summed E-state index contributed by atoms with van der Waals surface area (Å²) in [5.41, 5.74) is 0.800. The highest BCUT2D eigenvalue weighted by Gasteiger charge is 2.23. The van der Waals surface area contributed by atoms with Crippen LogP contribution in [0.5, 0.6) is 5.75 Å². The van der Waals surface area contributed by atoms with Gasteiger partial charge in [0, 0.05) is 0 Å². The van der Waals surface area contributed by atoms with Crippen molar-refractivity contribution in [3.63, 3.8) is 0 Å². The van der Waals surface area contributed by atoms with Crippen molar-refractivity contribution in [2.24, 2.45) is 5.92 Å². The van der Waals surface area contributed by atoms with Crippen molar-refractivity contribution >= 4 is 7.82 Å². The molecule has 0 heterocycles. The monoisotopic (exact) mass is 258 g/mol. The fourth-order valence-corrected chi connectivity index (χ4v) is 2.06. The van der Waals surface area contributed by atoms with E-state index in [-0.39, 0.29) is 6.61 Å². The molecule has 0 spiro atoms. The molecule has 0 saturated carbocycles. The van der Waals surface area contributed by atoms with Crippen LogP contribution >= 0.6 is 7.82 Å². The predicted molar refractivity (Wildman–Crippen MR) is 67.0 cm³/mol. The van der Waals surface area contributed by atoms with Crippen LogP contribution < -0.4 is 4.52 Å². The van der Waals surface area contributed by atoms with Gasteiger partial charge in [0.1, 0.15) is 5.75 Å². The number of hydrogen-bond donors (Lipinski definition) is 1. The lowest BCUT2D eigenvalue weighted by Gasteiger charge is -2.14. The molecule has 0 amide bonds. The molecule has 0 aliphatic rings. The molecule has 0 saturated heterocycles. The van der Waals surface area contributed by atoms with Gasteiger partial charge in [-0.25, -0.2) is 4.57 Å². The van der Waals surface area contributed by atoms with Gasteiger partial charge in [-0.2, -0.15) is 0 Å². The maximum atomic E-state index is 11.6. The highest BCUT2D eigenvalue weighted by atomic mass is 31.2. The highest BCUT2D eigenvalue weighted by Crippen LogP contribution is 2.44. The molecule has 0 fully saturated rings. The number of phosphoric acid groups is 1. The molecule has 1 rings (SSSR count). The minimum Gasteiger partial charge on any atom is -0.404 e. The van der Waals surface area contributed by atoms with Gasteiger partial charge in [0.2, 0.25) is 0 Å². The SMILES string of the molecule is Cc1ccccc1OP(=O)(O)OCCC(C)C. The maximum Gasteiger partial charge on any atom is 0.527 e. The van der Waals surface area contributed by atoms with Crippen molar-refractivity contribution in [2.75, 3.05) is 6.61 Å². The van der Waals surface area contributed by atoms with Crippen LogP contribution in [0.25, 0.3) is 0 Å². The number of rotatable bonds is 6. The summed E-state index contributed by atoms with van der Waals surface area (Å²) in [6, 6.07) is 7.04. The van der Waals surface area contributed by atoms with Crippen molar-refractivity contribution in [3.8, 4) is 5.75 Å². The first-order valence-electron chi connectivity index (χ1n) is 5.63. The first-order chi connectivity index (χ1) is 7.91. The molecule has 1 atom stereocenters. The van der Waals surface area contributed by atoms with E-state index in [1.54, 1.807) is 12.1 Å². The number of hydrogen-bond acceptors (Lipinski definition) is 3. The molecule has 4 nitrogen and oxygen atoms in total. The van der Waals surface area contributed by atoms with E-state index in [1.165, 1.54) is 0 Å². The fourth-order valence-electron chi connectivity index (χ4n) is 1.21. The lowest BCUT2D eigenvalue weighted by molar-refractivity contribution is 0.193. The van der Waals surface area contributed by atoms with Crippen molar-refractivity contribution in [1.29, 1.82) is 0 Å². The zero-order valence-electron chi connectivity index (χ0n) is 10.4. The largest absolute Gasteiger partial charge is 0.527 e. The molecule has 0 aliphatic carbocycles. The van der Waals surface area contributed by atoms with Crippen LogP contribution in [0.1, 0.15) is 25.8 Å². The molecule has 0 aromatic heterocycles. The second kappa shape index (κ2) is 6.20. The molecule has 5 heteroatoms. The van der Waals surface area contributed by atoms with Gasteiger partial charge >= 0.3 is 7.82 Å². The summed E-state index contributed by atoms with van der Waals surface area (Å²) in [4.78, 5) is 9.52. The summed E-state index contributed by atoms with van der Waals surface area (Å²) in [5, 5.41) is 0. The van der Waals surface area contributed by atoms with Crippen LogP contribution in [0, 0.1) is 12.8 Å². The van der Waals surface area contributed by atoms with Crippen molar-refractivity contribution in [2.45, 2.75) is 27.2 Å². The Bertz CT molecular complexity index is 403. The smallest absolute Gasteiger partial charge is 0.404 e. The van der Waals surface area contributed by atoms with Gasteiger partial charge in [-0.1, -0.05) is 32.0 Å². The molecule has 0 bridgehead atoms. The third-order valence-electron chi connectivity index (χ3n) is 2.26. The maximum absolute atomic E-state index is 11.6. The lowest BCUT2D eigenvalue weighted by Crippen LogP contribution is -2.02. The Morgan fingerprint density at radius 1 is 1.35 bits per heavy atom. The van der Waals surface area contributed by atoms with E-state index in [1.807, 2.05) is 32.9 Å². The first-order valence-corrected chi connectivity index (χ1v) is 7.13. The van der Waals surface area contributed by atoms with E-state index < -0.39 is 7.82 Å². The van der Waals surface area contributed by atoms with Gasteiger partial charge in [-0.15, -0.1) is 0 Å². The normalized spacial score (nSPS) is 14.6. The summed E-state index contributed by atoms with van der Waals surface area (Å²) in [6.45, 7) is 6.07. The Labute approximate surface area is 102 Å². The van der Waals surface area contributed by atoms with E-state index >= 15 is 0 Å². The van der Waals surface area contributed by atoms with Crippen molar-refractivity contribution < 1.29 is 18.5 Å². The molecule has 96 valence electrons. The zero-order valence-corrected chi connectivity index (χ0v) is 11.3. The third-order valence-corrected chi connectivity index (χ3v) is 3.19. The van der Waals surface area contributed by atoms with E-state index in [0.29, 0.717) is 11.7 Å². The molecule has 1 aromatic rings. The average molecular weight is 258 g/mol. The molecule has 1 N–H and O–H groups in total. The summed E-state index contributed by atoms with van der Waals surface area (Å²) in [5.74, 6) is 0.802. The molecular weight excluding hydrogens is 239 g/mol. The third kappa shape index (κ3) is 5.35.